The van der Waals surface area contributed by atoms with Gasteiger partial charge in [-0.15, -0.1) is 0 Å². The van der Waals surface area contributed by atoms with E-state index in [1.807, 2.05) is 42.5 Å². The number of aryl methyl sites for hydroxylation is 1. The predicted octanol–water partition coefficient (Wildman–Crippen LogP) is 4.60. The summed E-state index contributed by atoms with van der Waals surface area (Å²) in [6, 6.07) is 16.0. The maximum absolute atomic E-state index is 6.15. The molecular weight excluding hydrogens is 282 g/mol. The molecular formula is C18H22ClNO. The fourth-order valence-corrected chi connectivity index (χ4v) is 2.35. The number of hydrogen-bond acceptors (Lipinski definition) is 2. The van der Waals surface area contributed by atoms with E-state index in [2.05, 4.69) is 25.2 Å². The summed E-state index contributed by atoms with van der Waals surface area (Å²) in [6.45, 7) is 5.77. The molecule has 2 rings (SSSR count). The summed E-state index contributed by atoms with van der Waals surface area (Å²) in [7, 11) is 0. The van der Waals surface area contributed by atoms with Crippen LogP contribution in [-0.4, -0.2) is 12.6 Å². The first-order valence-electron chi connectivity index (χ1n) is 7.37. The highest BCUT2D eigenvalue weighted by Gasteiger charge is 2.09. The van der Waals surface area contributed by atoms with Crippen molar-refractivity contribution in [2.45, 2.75) is 32.9 Å². The number of nitrogens with one attached hydrogen (secondary N) is 1. The second-order valence-corrected chi connectivity index (χ2v) is 5.54. The van der Waals surface area contributed by atoms with Crippen molar-refractivity contribution in [2.24, 2.45) is 0 Å². The largest absolute Gasteiger partial charge is 0.489 e. The fourth-order valence-electron chi connectivity index (χ4n) is 2.15. The number of para-hydroxylation sites is 1. The Hall–Kier alpha value is -1.51. The number of hydrogen-bond donors (Lipinski definition) is 1. The van der Waals surface area contributed by atoms with E-state index in [-0.39, 0.29) is 6.10 Å². The average Bonchev–Trinajstić information content (AvgIpc) is 2.50. The summed E-state index contributed by atoms with van der Waals surface area (Å²) in [5.74, 6) is 0.962. The van der Waals surface area contributed by atoms with Crippen LogP contribution in [0.5, 0.6) is 5.75 Å². The normalized spacial score (nSPS) is 12.1. The Labute approximate surface area is 132 Å². The molecule has 0 fully saturated rings. The number of halogens is 1. The van der Waals surface area contributed by atoms with E-state index in [9.17, 15) is 0 Å². The molecule has 0 aliphatic heterocycles. The van der Waals surface area contributed by atoms with E-state index in [1.54, 1.807) is 0 Å². The lowest BCUT2D eigenvalue weighted by atomic mass is 10.2. The van der Waals surface area contributed by atoms with Gasteiger partial charge in [0.1, 0.15) is 11.9 Å². The second kappa shape index (κ2) is 8.06. The van der Waals surface area contributed by atoms with E-state index in [4.69, 9.17) is 16.3 Å². The minimum absolute atomic E-state index is 0.161. The molecule has 1 N–H and O–H groups in total. The van der Waals surface area contributed by atoms with Gasteiger partial charge in [-0.1, -0.05) is 54.9 Å². The third-order valence-electron chi connectivity index (χ3n) is 3.49. The van der Waals surface area contributed by atoms with Crippen LogP contribution in [0.4, 0.5) is 0 Å². The molecule has 0 aliphatic rings. The lowest BCUT2D eigenvalue weighted by molar-refractivity contribution is 0.192. The predicted molar refractivity (Wildman–Crippen MR) is 89.0 cm³/mol. The molecule has 112 valence electrons. The van der Waals surface area contributed by atoms with Gasteiger partial charge in [0, 0.05) is 18.1 Å². The van der Waals surface area contributed by atoms with Crippen molar-refractivity contribution >= 4 is 11.6 Å². The second-order valence-electron chi connectivity index (χ2n) is 5.14. The van der Waals surface area contributed by atoms with Gasteiger partial charge in [-0.25, -0.2) is 0 Å². The van der Waals surface area contributed by atoms with Crippen LogP contribution in [0.1, 0.15) is 24.5 Å². The number of ether oxygens (including phenoxy) is 1. The van der Waals surface area contributed by atoms with Gasteiger partial charge in [0.2, 0.25) is 0 Å². The molecule has 0 spiro atoms. The van der Waals surface area contributed by atoms with Gasteiger partial charge in [-0.3, -0.25) is 0 Å². The molecule has 0 saturated heterocycles. The van der Waals surface area contributed by atoms with Crippen LogP contribution in [0.3, 0.4) is 0 Å². The van der Waals surface area contributed by atoms with Crippen LogP contribution < -0.4 is 10.1 Å². The zero-order valence-corrected chi connectivity index (χ0v) is 13.4. The zero-order valence-electron chi connectivity index (χ0n) is 12.6. The highest BCUT2D eigenvalue weighted by Crippen LogP contribution is 2.19. The Balaban J connectivity index is 1.86. The maximum atomic E-state index is 6.15. The van der Waals surface area contributed by atoms with Gasteiger partial charge < -0.3 is 10.1 Å². The number of benzene rings is 2. The van der Waals surface area contributed by atoms with Crippen molar-refractivity contribution in [1.82, 2.24) is 5.32 Å². The van der Waals surface area contributed by atoms with Crippen LogP contribution in [0.25, 0.3) is 0 Å². The Bertz CT molecular complexity index is 571. The molecule has 1 atom stereocenters. The molecule has 2 nitrogen and oxygen atoms in total. The first-order chi connectivity index (χ1) is 10.2. The molecule has 0 aliphatic carbocycles. The average molecular weight is 304 g/mol. The van der Waals surface area contributed by atoms with E-state index >= 15 is 0 Å². The Kier molecular flexibility index (Phi) is 6.09. The monoisotopic (exact) mass is 303 g/mol. The summed E-state index contributed by atoms with van der Waals surface area (Å²) in [5, 5.41) is 4.23. The van der Waals surface area contributed by atoms with E-state index in [0.717, 1.165) is 35.8 Å². The lowest BCUT2D eigenvalue weighted by Gasteiger charge is -2.19. The zero-order chi connectivity index (χ0) is 15.1. The first-order valence-corrected chi connectivity index (χ1v) is 7.75. The summed E-state index contributed by atoms with van der Waals surface area (Å²) in [6.07, 6.45) is 1.12. The summed E-state index contributed by atoms with van der Waals surface area (Å²) < 4.78 is 6.07. The third-order valence-corrected chi connectivity index (χ3v) is 3.86. The summed E-state index contributed by atoms with van der Waals surface area (Å²) in [5.41, 5.74) is 2.28. The smallest absolute Gasteiger partial charge is 0.122 e. The number of rotatable bonds is 7. The SMILES string of the molecule is CCC(CNCc1ccccc1Cl)Oc1ccccc1C. The van der Waals surface area contributed by atoms with E-state index in [0.29, 0.717) is 0 Å². The Morgan fingerprint density at radius 2 is 1.81 bits per heavy atom. The van der Waals surface area contributed by atoms with Crippen LogP contribution in [0.2, 0.25) is 5.02 Å². The molecule has 0 saturated carbocycles. The van der Waals surface area contributed by atoms with Crippen molar-refractivity contribution in [1.29, 1.82) is 0 Å². The highest BCUT2D eigenvalue weighted by molar-refractivity contribution is 6.31. The molecule has 1 unspecified atom stereocenters. The molecule has 2 aromatic carbocycles. The molecule has 0 aromatic heterocycles. The fraction of sp³-hybridized carbons (Fsp3) is 0.333. The van der Waals surface area contributed by atoms with Crippen LogP contribution in [0.15, 0.2) is 48.5 Å². The van der Waals surface area contributed by atoms with Gasteiger partial charge in [0.25, 0.3) is 0 Å². The minimum atomic E-state index is 0.161. The standard InChI is InChI=1S/C18H22ClNO/c1-3-16(21-18-11-7-4-8-14(18)2)13-20-12-15-9-5-6-10-17(15)19/h4-11,16,20H,3,12-13H2,1-2H3. The quantitative estimate of drug-likeness (QED) is 0.807. The van der Waals surface area contributed by atoms with Gasteiger partial charge in [-0.05, 0) is 36.6 Å². The van der Waals surface area contributed by atoms with E-state index < -0.39 is 0 Å². The maximum Gasteiger partial charge on any atom is 0.122 e. The molecule has 0 heterocycles. The van der Waals surface area contributed by atoms with Crippen molar-refractivity contribution in [3.63, 3.8) is 0 Å². The van der Waals surface area contributed by atoms with Crippen molar-refractivity contribution in [2.75, 3.05) is 6.54 Å². The first kappa shape index (κ1) is 15.9. The highest BCUT2D eigenvalue weighted by atomic mass is 35.5. The van der Waals surface area contributed by atoms with Gasteiger partial charge >= 0.3 is 0 Å². The third kappa shape index (κ3) is 4.76. The van der Waals surface area contributed by atoms with Crippen molar-refractivity contribution < 1.29 is 4.74 Å². The van der Waals surface area contributed by atoms with Crippen molar-refractivity contribution in [3.8, 4) is 5.75 Å². The lowest BCUT2D eigenvalue weighted by Crippen LogP contribution is -2.30. The Morgan fingerprint density at radius 1 is 1.10 bits per heavy atom. The molecule has 0 radical (unpaired) electrons. The van der Waals surface area contributed by atoms with Crippen molar-refractivity contribution in [3.05, 3.63) is 64.7 Å². The topological polar surface area (TPSA) is 21.3 Å². The van der Waals surface area contributed by atoms with Crippen LogP contribution >= 0.6 is 11.6 Å². The van der Waals surface area contributed by atoms with Crippen LogP contribution in [-0.2, 0) is 6.54 Å². The summed E-state index contributed by atoms with van der Waals surface area (Å²) >= 11 is 6.15. The van der Waals surface area contributed by atoms with Crippen LogP contribution in [0, 0.1) is 6.92 Å². The van der Waals surface area contributed by atoms with Gasteiger partial charge in [0.15, 0.2) is 0 Å². The van der Waals surface area contributed by atoms with Gasteiger partial charge in [0.05, 0.1) is 0 Å². The van der Waals surface area contributed by atoms with E-state index in [1.165, 1.54) is 5.56 Å². The molecule has 2 aromatic rings. The summed E-state index contributed by atoms with van der Waals surface area (Å²) in [4.78, 5) is 0. The molecule has 3 heteroatoms. The minimum Gasteiger partial charge on any atom is -0.489 e. The molecule has 21 heavy (non-hydrogen) atoms. The van der Waals surface area contributed by atoms with Gasteiger partial charge in [-0.2, -0.15) is 0 Å². The molecule has 0 amide bonds. The Morgan fingerprint density at radius 3 is 2.52 bits per heavy atom. The molecule has 0 bridgehead atoms.